The van der Waals surface area contributed by atoms with Crippen LogP contribution in [-0.2, 0) is 13.1 Å². The summed E-state index contributed by atoms with van der Waals surface area (Å²) in [4.78, 5) is 40.0. The van der Waals surface area contributed by atoms with Crippen LogP contribution in [0.5, 0.6) is 0 Å². The zero-order chi connectivity index (χ0) is 20.8. The van der Waals surface area contributed by atoms with Crippen molar-refractivity contribution >= 4 is 22.7 Å². The van der Waals surface area contributed by atoms with Gasteiger partial charge in [0.15, 0.2) is 0 Å². The molecular weight excluding hydrogens is 380 g/mol. The molecule has 0 aliphatic carbocycles. The van der Waals surface area contributed by atoms with Gasteiger partial charge in [-0.05, 0) is 11.1 Å². The van der Waals surface area contributed by atoms with Gasteiger partial charge in [0.25, 0.3) is 0 Å². The van der Waals surface area contributed by atoms with Crippen LogP contribution in [0.15, 0.2) is 36.4 Å². The summed E-state index contributed by atoms with van der Waals surface area (Å²) >= 11 is 0. The van der Waals surface area contributed by atoms with Crippen LogP contribution in [-0.4, -0.2) is 19.7 Å². The van der Waals surface area contributed by atoms with Crippen LogP contribution < -0.4 is 10.9 Å². The topological polar surface area (TPSA) is 197 Å². The first-order valence-electron chi connectivity index (χ1n) is 7.50. The second-order valence-electron chi connectivity index (χ2n) is 5.38. The Morgan fingerprint density at radius 1 is 0.571 bits per heavy atom. The minimum atomic E-state index is -0.856. The van der Waals surface area contributed by atoms with Crippen LogP contribution in [0, 0.1) is 40.5 Å². The van der Waals surface area contributed by atoms with E-state index < -0.39 is 42.4 Å². The predicted octanol–water partition coefficient (Wildman–Crippen LogP) is 2.11. The van der Waals surface area contributed by atoms with Crippen LogP contribution in [0.3, 0.4) is 0 Å². The van der Waals surface area contributed by atoms with Gasteiger partial charge in [0.2, 0.25) is 0 Å². The molecule has 0 bridgehead atoms. The second-order valence-corrected chi connectivity index (χ2v) is 5.38. The van der Waals surface area contributed by atoms with E-state index in [9.17, 15) is 40.5 Å². The van der Waals surface area contributed by atoms with Crippen molar-refractivity contribution in [3.8, 4) is 0 Å². The lowest BCUT2D eigenvalue weighted by molar-refractivity contribution is -0.422. The lowest BCUT2D eigenvalue weighted by Crippen LogP contribution is -2.30. The van der Waals surface area contributed by atoms with Gasteiger partial charge in [-0.3, -0.25) is 51.3 Å². The smallest absolute Gasteiger partial charge is 0.258 e. The third-order valence-corrected chi connectivity index (χ3v) is 3.58. The summed E-state index contributed by atoms with van der Waals surface area (Å²) in [6, 6.07) is 6.85. The fraction of sp³-hybridized carbons (Fsp3) is 0.143. The van der Waals surface area contributed by atoms with E-state index in [1.807, 2.05) is 0 Å². The van der Waals surface area contributed by atoms with Gasteiger partial charge >= 0.3 is 22.7 Å². The van der Waals surface area contributed by atoms with E-state index in [4.69, 9.17) is 0 Å². The van der Waals surface area contributed by atoms with Crippen LogP contribution in [0.2, 0.25) is 0 Å². The number of nitrogens with one attached hydrogen (secondary N) is 2. The van der Waals surface area contributed by atoms with Crippen LogP contribution in [0.1, 0.15) is 11.1 Å². The highest BCUT2D eigenvalue weighted by Crippen LogP contribution is 2.28. The quantitative estimate of drug-likeness (QED) is 0.362. The van der Waals surface area contributed by atoms with Gasteiger partial charge in [-0.2, -0.15) is 0 Å². The van der Waals surface area contributed by atoms with E-state index in [2.05, 4.69) is 10.9 Å². The number of hydrogen-bond acceptors (Lipinski definition) is 10. The predicted molar refractivity (Wildman–Crippen MR) is 93.2 cm³/mol. The summed E-state index contributed by atoms with van der Waals surface area (Å²) in [6.45, 7) is 0.127. The van der Waals surface area contributed by atoms with Crippen LogP contribution in [0.25, 0.3) is 0 Å². The Morgan fingerprint density at radius 2 is 0.893 bits per heavy atom. The highest BCUT2D eigenvalue weighted by atomic mass is 16.6. The molecule has 0 spiro atoms. The first-order chi connectivity index (χ1) is 13.2. The fourth-order valence-corrected chi connectivity index (χ4v) is 2.29. The normalized spacial score (nSPS) is 10.4. The van der Waals surface area contributed by atoms with E-state index in [1.54, 1.807) is 0 Å². The monoisotopic (exact) mass is 392 g/mol. The maximum Gasteiger partial charge on any atom is 0.346 e. The van der Waals surface area contributed by atoms with Gasteiger partial charge in [0, 0.05) is 37.4 Å². The Labute approximate surface area is 155 Å². The Kier molecular flexibility index (Phi) is 6.20. The average molecular weight is 392 g/mol. The highest BCUT2D eigenvalue weighted by Gasteiger charge is 2.25. The van der Waals surface area contributed by atoms with E-state index >= 15 is 0 Å². The second kappa shape index (κ2) is 8.56. The maximum atomic E-state index is 10.9. The lowest BCUT2D eigenvalue weighted by atomic mass is 10.1. The molecule has 0 aromatic heterocycles. The Hall–Kier alpha value is -4.04. The van der Waals surface area contributed by atoms with Crippen molar-refractivity contribution in [3.63, 3.8) is 0 Å². The van der Waals surface area contributed by atoms with E-state index in [1.165, 1.54) is 12.1 Å². The largest absolute Gasteiger partial charge is 0.346 e. The summed E-state index contributed by atoms with van der Waals surface area (Å²) in [5.41, 5.74) is 3.65. The van der Waals surface area contributed by atoms with Crippen LogP contribution in [0.4, 0.5) is 22.7 Å². The van der Waals surface area contributed by atoms with Crippen LogP contribution >= 0.6 is 0 Å². The fourth-order valence-electron chi connectivity index (χ4n) is 2.29. The molecule has 0 saturated carbocycles. The van der Waals surface area contributed by atoms with E-state index in [-0.39, 0.29) is 13.1 Å². The summed E-state index contributed by atoms with van der Waals surface area (Å²) < 4.78 is 0. The number of hydrazine groups is 1. The zero-order valence-electron chi connectivity index (χ0n) is 13.9. The average Bonchev–Trinajstić information content (AvgIpc) is 2.64. The Balaban J connectivity index is 2.01. The van der Waals surface area contributed by atoms with Crippen molar-refractivity contribution < 1.29 is 19.7 Å². The van der Waals surface area contributed by atoms with Gasteiger partial charge in [-0.1, -0.05) is 12.1 Å². The molecule has 0 unspecified atom stereocenters. The Morgan fingerprint density at radius 3 is 1.18 bits per heavy atom. The van der Waals surface area contributed by atoms with Crippen molar-refractivity contribution in [2.24, 2.45) is 0 Å². The van der Waals surface area contributed by atoms with Gasteiger partial charge in [0.05, 0.1) is 19.7 Å². The van der Waals surface area contributed by atoms with Gasteiger partial charge < -0.3 is 0 Å². The lowest BCUT2D eigenvalue weighted by Gasteiger charge is -2.07. The van der Waals surface area contributed by atoms with E-state index in [0.717, 1.165) is 24.3 Å². The molecule has 2 aromatic carbocycles. The number of hydrogen-bond donors (Lipinski definition) is 2. The summed E-state index contributed by atoms with van der Waals surface area (Å²) in [5, 5.41) is 43.4. The zero-order valence-corrected chi connectivity index (χ0v) is 13.9. The van der Waals surface area contributed by atoms with Crippen molar-refractivity contribution in [3.05, 3.63) is 88.0 Å². The van der Waals surface area contributed by atoms with Gasteiger partial charge in [-0.15, -0.1) is 0 Å². The molecule has 0 saturated heterocycles. The summed E-state index contributed by atoms with van der Waals surface area (Å²) in [5.74, 6) is 0. The SMILES string of the molecule is O=[N+]([O-])c1ccc(CNNCc2ccc([N+](=O)[O-])c([N+](=O)[O-])c2)cc1[N+](=O)[O-]. The molecule has 28 heavy (non-hydrogen) atoms. The maximum absolute atomic E-state index is 10.9. The molecule has 0 radical (unpaired) electrons. The van der Waals surface area contributed by atoms with Gasteiger partial charge in [-0.25, -0.2) is 0 Å². The van der Waals surface area contributed by atoms with Crippen molar-refractivity contribution in [1.82, 2.24) is 10.9 Å². The molecular formula is C14H12N6O8. The standard InChI is InChI=1S/C14H12N6O8/c21-17(22)11-3-1-9(5-13(11)19(25)26)7-15-16-8-10-2-4-12(18(23)24)14(6-10)20(27)28/h1-6,15-16H,7-8H2. The molecule has 2 N–H and O–H groups in total. The molecule has 14 nitrogen and oxygen atoms in total. The van der Waals surface area contributed by atoms with Crippen molar-refractivity contribution in [2.75, 3.05) is 0 Å². The molecule has 2 rings (SSSR count). The molecule has 0 aliphatic rings. The highest BCUT2D eigenvalue weighted by molar-refractivity contribution is 5.54. The first kappa shape index (κ1) is 20.3. The van der Waals surface area contributed by atoms with Crippen molar-refractivity contribution in [1.29, 1.82) is 0 Å². The molecule has 0 heterocycles. The minimum absolute atomic E-state index is 0.0634. The molecule has 0 fully saturated rings. The molecule has 0 aliphatic heterocycles. The number of nitro benzene ring substituents is 4. The summed E-state index contributed by atoms with van der Waals surface area (Å²) in [6.07, 6.45) is 0. The number of benzene rings is 2. The third kappa shape index (κ3) is 4.77. The first-order valence-corrected chi connectivity index (χ1v) is 7.50. The number of rotatable bonds is 9. The van der Waals surface area contributed by atoms with E-state index in [0.29, 0.717) is 11.1 Å². The molecule has 2 aromatic rings. The minimum Gasteiger partial charge on any atom is -0.258 e. The van der Waals surface area contributed by atoms with Gasteiger partial charge in [0.1, 0.15) is 0 Å². The number of nitro groups is 4. The van der Waals surface area contributed by atoms with Crippen molar-refractivity contribution in [2.45, 2.75) is 13.1 Å². The molecule has 146 valence electrons. The Bertz CT molecular complexity index is 885. The molecule has 0 atom stereocenters. The summed E-state index contributed by atoms with van der Waals surface area (Å²) in [7, 11) is 0. The molecule has 0 amide bonds. The third-order valence-electron chi connectivity index (χ3n) is 3.58. The number of nitrogens with zero attached hydrogens (tertiary/aromatic N) is 4. The molecule has 14 heteroatoms.